The first kappa shape index (κ1) is 17.0. The highest BCUT2D eigenvalue weighted by molar-refractivity contribution is 7.13. The maximum atomic E-state index is 11.2. The molecule has 0 saturated heterocycles. The number of carbonyl (C=O) groups is 1. The zero-order valence-electron chi connectivity index (χ0n) is 13.1. The maximum Gasteiger partial charge on any atom is 0.311 e. The summed E-state index contributed by atoms with van der Waals surface area (Å²) in [6.45, 7) is 2.76. The summed E-state index contributed by atoms with van der Waals surface area (Å²) in [7, 11) is 1.36. The Balaban J connectivity index is 1.90. The van der Waals surface area contributed by atoms with E-state index in [2.05, 4.69) is 27.2 Å². The Bertz CT molecular complexity index is 670. The van der Waals surface area contributed by atoms with Crippen LogP contribution in [0.15, 0.2) is 34.7 Å². The fourth-order valence-electron chi connectivity index (χ4n) is 1.73. The van der Waals surface area contributed by atoms with Gasteiger partial charge in [0.05, 0.1) is 32.0 Å². The molecular weight excluding hydrogens is 314 g/mol. The Labute approximate surface area is 139 Å². The maximum absolute atomic E-state index is 11.2. The van der Waals surface area contributed by atoms with Gasteiger partial charge in [0.15, 0.2) is 0 Å². The van der Waals surface area contributed by atoms with Crippen LogP contribution >= 0.6 is 11.3 Å². The van der Waals surface area contributed by atoms with E-state index >= 15 is 0 Å². The molecule has 6 nitrogen and oxygen atoms in total. The van der Waals surface area contributed by atoms with E-state index in [0.29, 0.717) is 17.4 Å². The van der Waals surface area contributed by atoms with Crippen molar-refractivity contribution in [2.45, 2.75) is 19.8 Å². The number of methoxy groups -OCH3 is 1. The largest absolute Gasteiger partial charge is 0.494 e. The lowest BCUT2D eigenvalue weighted by Gasteiger charge is -2.04. The average molecular weight is 333 g/mol. The summed E-state index contributed by atoms with van der Waals surface area (Å²) in [5.74, 6) is 0.514. The van der Waals surface area contributed by atoms with Gasteiger partial charge in [-0.25, -0.2) is 4.98 Å². The van der Waals surface area contributed by atoms with Gasteiger partial charge in [0.2, 0.25) is 5.13 Å². The highest BCUT2D eigenvalue weighted by atomic mass is 32.1. The first-order chi connectivity index (χ1) is 11.2. The second kappa shape index (κ2) is 8.89. The number of carbonyl (C=O) groups excluding carboxylic acids is 1. The van der Waals surface area contributed by atoms with Crippen molar-refractivity contribution in [3.05, 3.63) is 40.9 Å². The average Bonchev–Trinajstić information content (AvgIpc) is 3.00. The zero-order valence-corrected chi connectivity index (χ0v) is 13.9. The molecule has 2 aromatic rings. The Morgan fingerprint density at radius 3 is 3.13 bits per heavy atom. The quantitative estimate of drug-likeness (QED) is 0.456. The van der Waals surface area contributed by atoms with E-state index in [-0.39, 0.29) is 12.4 Å². The minimum absolute atomic E-state index is 0.162. The first-order valence-corrected chi connectivity index (χ1v) is 8.12. The molecule has 122 valence electrons. The van der Waals surface area contributed by atoms with Gasteiger partial charge in [-0.05, 0) is 24.1 Å². The summed E-state index contributed by atoms with van der Waals surface area (Å²) in [4.78, 5) is 15.4. The number of hydrazone groups is 1. The third kappa shape index (κ3) is 5.71. The summed E-state index contributed by atoms with van der Waals surface area (Å²) >= 11 is 1.38. The van der Waals surface area contributed by atoms with Crippen LogP contribution < -0.4 is 10.2 Å². The Kier molecular flexibility index (Phi) is 6.56. The second-order valence-corrected chi connectivity index (χ2v) is 5.55. The molecule has 0 fully saturated rings. The second-order valence-electron chi connectivity index (χ2n) is 4.69. The summed E-state index contributed by atoms with van der Waals surface area (Å²) in [5, 5.41) is 6.57. The molecule has 0 aliphatic rings. The van der Waals surface area contributed by atoms with E-state index in [0.717, 1.165) is 17.7 Å². The monoisotopic (exact) mass is 333 g/mol. The minimum Gasteiger partial charge on any atom is -0.494 e. The van der Waals surface area contributed by atoms with E-state index in [1.807, 2.05) is 24.3 Å². The number of nitrogens with one attached hydrogen (secondary N) is 1. The van der Waals surface area contributed by atoms with E-state index < -0.39 is 0 Å². The van der Waals surface area contributed by atoms with Gasteiger partial charge in [-0.2, -0.15) is 5.10 Å². The number of ether oxygens (including phenoxy) is 2. The Morgan fingerprint density at radius 1 is 1.48 bits per heavy atom. The fraction of sp³-hybridized carbons (Fsp3) is 0.312. The SMILES string of the molecule is CCCOc1cccc(/C=N\Nc2nc(CC(=O)OC)cs2)c1. The molecule has 0 unspecified atom stereocenters. The number of esters is 1. The summed E-state index contributed by atoms with van der Waals surface area (Å²) < 4.78 is 10.2. The fourth-order valence-corrected chi connectivity index (χ4v) is 2.39. The molecule has 23 heavy (non-hydrogen) atoms. The van der Waals surface area contributed by atoms with E-state index in [9.17, 15) is 4.79 Å². The molecule has 0 saturated carbocycles. The van der Waals surface area contributed by atoms with Gasteiger partial charge in [-0.15, -0.1) is 11.3 Å². The van der Waals surface area contributed by atoms with Crippen molar-refractivity contribution >= 4 is 28.7 Å². The predicted octanol–water partition coefficient (Wildman–Crippen LogP) is 3.09. The van der Waals surface area contributed by atoms with Gasteiger partial charge in [0.1, 0.15) is 5.75 Å². The van der Waals surface area contributed by atoms with Crippen LogP contribution in [0.3, 0.4) is 0 Å². The van der Waals surface area contributed by atoms with Crippen LogP contribution in [-0.4, -0.2) is 30.9 Å². The van der Waals surface area contributed by atoms with Crippen molar-refractivity contribution in [3.63, 3.8) is 0 Å². The van der Waals surface area contributed by atoms with Gasteiger partial charge in [0, 0.05) is 5.38 Å². The van der Waals surface area contributed by atoms with Crippen LogP contribution in [0.25, 0.3) is 0 Å². The third-order valence-electron chi connectivity index (χ3n) is 2.81. The van der Waals surface area contributed by atoms with Gasteiger partial charge < -0.3 is 9.47 Å². The lowest BCUT2D eigenvalue weighted by atomic mass is 10.2. The lowest BCUT2D eigenvalue weighted by Crippen LogP contribution is -2.04. The number of nitrogens with zero attached hydrogens (tertiary/aromatic N) is 2. The first-order valence-electron chi connectivity index (χ1n) is 7.24. The van der Waals surface area contributed by atoms with Gasteiger partial charge in [0.25, 0.3) is 0 Å². The molecule has 0 atom stereocenters. The minimum atomic E-state index is -0.311. The number of thiazole rings is 1. The highest BCUT2D eigenvalue weighted by Gasteiger charge is 2.06. The lowest BCUT2D eigenvalue weighted by molar-refractivity contribution is -0.139. The molecule has 0 bridgehead atoms. The predicted molar refractivity (Wildman–Crippen MR) is 91.3 cm³/mol. The molecule has 1 aromatic heterocycles. The topological polar surface area (TPSA) is 72.8 Å². The van der Waals surface area contributed by atoms with Crippen molar-refractivity contribution in [3.8, 4) is 5.75 Å². The molecule has 7 heteroatoms. The van der Waals surface area contributed by atoms with Gasteiger partial charge in [-0.3, -0.25) is 10.2 Å². The van der Waals surface area contributed by atoms with Crippen LogP contribution in [0, 0.1) is 0 Å². The van der Waals surface area contributed by atoms with Crippen molar-refractivity contribution in [1.29, 1.82) is 0 Å². The molecule has 0 aliphatic carbocycles. The smallest absolute Gasteiger partial charge is 0.311 e. The van der Waals surface area contributed by atoms with Crippen molar-refractivity contribution < 1.29 is 14.3 Å². The number of hydrogen-bond donors (Lipinski definition) is 1. The normalized spacial score (nSPS) is 10.7. The standard InChI is InChI=1S/C16H19N3O3S/c1-3-7-22-14-6-4-5-12(8-14)10-17-19-16-18-13(11-23-16)9-15(20)21-2/h4-6,8,10-11H,3,7,9H2,1-2H3,(H,18,19)/b17-10-. The Hall–Kier alpha value is -2.41. The van der Waals surface area contributed by atoms with Crippen LogP contribution in [0.5, 0.6) is 5.75 Å². The van der Waals surface area contributed by atoms with Crippen molar-refractivity contribution in [1.82, 2.24) is 4.98 Å². The molecule has 2 rings (SSSR count). The molecule has 0 spiro atoms. The molecular formula is C16H19N3O3S. The number of anilines is 1. The summed E-state index contributed by atoms with van der Waals surface area (Å²) in [5.41, 5.74) is 4.44. The highest BCUT2D eigenvalue weighted by Crippen LogP contribution is 2.16. The zero-order chi connectivity index (χ0) is 16.5. The Morgan fingerprint density at radius 2 is 2.35 bits per heavy atom. The number of aromatic nitrogens is 1. The van der Waals surface area contributed by atoms with Crippen molar-refractivity contribution in [2.24, 2.45) is 5.10 Å². The summed E-state index contributed by atoms with van der Waals surface area (Å²) in [6, 6.07) is 7.70. The van der Waals surface area contributed by atoms with Crippen LogP contribution in [-0.2, 0) is 16.0 Å². The molecule has 1 heterocycles. The number of hydrogen-bond acceptors (Lipinski definition) is 7. The van der Waals surface area contributed by atoms with E-state index in [4.69, 9.17) is 4.74 Å². The van der Waals surface area contributed by atoms with E-state index in [1.165, 1.54) is 18.4 Å². The molecule has 1 N–H and O–H groups in total. The molecule has 0 amide bonds. The van der Waals surface area contributed by atoms with Crippen LogP contribution in [0.2, 0.25) is 0 Å². The van der Waals surface area contributed by atoms with Crippen LogP contribution in [0.4, 0.5) is 5.13 Å². The number of rotatable bonds is 8. The van der Waals surface area contributed by atoms with Gasteiger partial charge >= 0.3 is 5.97 Å². The molecule has 1 aromatic carbocycles. The summed E-state index contributed by atoms with van der Waals surface area (Å²) in [6.07, 6.45) is 2.83. The van der Waals surface area contributed by atoms with Crippen molar-refractivity contribution in [2.75, 3.05) is 19.1 Å². The number of benzene rings is 1. The molecule has 0 aliphatic heterocycles. The van der Waals surface area contributed by atoms with E-state index in [1.54, 1.807) is 11.6 Å². The van der Waals surface area contributed by atoms with Gasteiger partial charge in [-0.1, -0.05) is 19.1 Å². The molecule has 0 radical (unpaired) electrons. The van der Waals surface area contributed by atoms with Crippen LogP contribution in [0.1, 0.15) is 24.6 Å². The third-order valence-corrected chi connectivity index (χ3v) is 3.61.